The van der Waals surface area contributed by atoms with E-state index in [1.165, 1.54) is 0 Å². The van der Waals surface area contributed by atoms with E-state index in [4.69, 9.17) is 4.84 Å². The molecule has 1 rings (SSSR count). The average Bonchev–Trinajstić information content (AvgIpc) is 2.38. The second-order valence-corrected chi connectivity index (χ2v) is 2.63. The van der Waals surface area contributed by atoms with Crippen LogP contribution >= 0.6 is 0 Å². The largest absolute Gasteiger partial charge is 0.298 e. The molecule has 0 spiro atoms. The van der Waals surface area contributed by atoms with Gasteiger partial charge in [-0.3, -0.25) is 9.74 Å². The van der Waals surface area contributed by atoms with Crippen molar-refractivity contribution in [3.05, 3.63) is 12.7 Å². The van der Waals surface area contributed by atoms with Crippen molar-refractivity contribution in [1.82, 2.24) is 9.96 Å². The Morgan fingerprint density at radius 3 is 3.00 bits per heavy atom. The molecule has 3 nitrogen and oxygen atoms in total. The fourth-order valence-corrected chi connectivity index (χ4v) is 1.24. The van der Waals surface area contributed by atoms with Gasteiger partial charge in [0.1, 0.15) is 0 Å². The minimum Gasteiger partial charge on any atom is -0.298 e. The highest BCUT2D eigenvalue weighted by molar-refractivity contribution is 4.76. The smallest absolute Gasteiger partial charge is 0.0760 e. The lowest BCUT2D eigenvalue weighted by molar-refractivity contribution is -0.145. The molecule has 0 N–H and O–H groups in total. The SMILES string of the molecule is C=CCN1CCN(OCC)C1. The maximum Gasteiger partial charge on any atom is 0.0760 e. The Balaban J connectivity index is 2.17. The van der Waals surface area contributed by atoms with Crippen molar-refractivity contribution in [1.29, 1.82) is 0 Å². The third-order valence-electron chi connectivity index (χ3n) is 1.72. The van der Waals surface area contributed by atoms with Crippen molar-refractivity contribution >= 4 is 0 Å². The number of hydrogen-bond donors (Lipinski definition) is 0. The quantitative estimate of drug-likeness (QED) is 0.557. The molecular weight excluding hydrogens is 140 g/mol. The van der Waals surface area contributed by atoms with E-state index in [1.54, 1.807) is 0 Å². The molecule has 0 aromatic carbocycles. The molecule has 0 aromatic rings. The first-order valence-corrected chi connectivity index (χ1v) is 4.08. The van der Waals surface area contributed by atoms with Gasteiger partial charge in [0.2, 0.25) is 0 Å². The van der Waals surface area contributed by atoms with Crippen LogP contribution in [0.5, 0.6) is 0 Å². The molecule has 1 aliphatic rings. The molecule has 0 amide bonds. The molecule has 0 aromatic heterocycles. The van der Waals surface area contributed by atoms with Gasteiger partial charge >= 0.3 is 0 Å². The van der Waals surface area contributed by atoms with Crippen molar-refractivity contribution < 1.29 is 4.84 Å². The minimum absolute atomic E-state index is 0.766. The fourth-order valence-electron chi connectivity index (χ4n) is 1.24. The van der Waals surface area contributed by atoms with Gasteiger partial charge in [0.15, 0.2) is 0 Å². The Bertz CT molecular complexity index is 127. The van der Waals surface area contributed by atoms with E-state index in [1.807, 2.05) is 18.1 Å². The number of hydroxylamine groups is 2. The van der Waals surface area contributed by atoms with Crippen molar-refractivity contribution in [2.75, 3.05) is 32.9 Å². The van der Waals surface area contributed by atoms with Gasteiger partial charge < -0.3 is 0 Å². The number of nitrogens with zero attached hydrogens (tertiary/aromatic N) is 2. The molecule has 0 aliphatic carbocycles. The normalized spacial score (nSPS) is 20.8. The molecule has 0 bridgehead atoms. The monoisotopic (exact) mass is 156 g/mol. The minimum atomic E-state index is 0.766. The van der Waals surface area contributed by atoms with Crippen LogP contribution in [0.4, 0.5) is 0 Å². The third-order valence-corrected chi connectivity index (χ3v) is 1.72. The molecule has 0 unspecified atom stereocenters. The van der Waals surface area contributed by atoms with Crippen LogP contribution in [0.15, 0.2) is 12.7 Å². The molecule has 0 radical (unpaired) electrons. The summed E-state index contributed by atoms with van der Waals surface area (Å²) in [5, 5.41) is 1.99. The van der Waals surface area contributed by atoms with E-state index < -0.39 is 0 Å². The van der Waals surface area contributed by atoms with E-state index >= 15 is 0 Å². The van der Waals surface area contributed by atoms with E-state index in [9.17, 15) is 0 Å². The van der Waals surface area contributed by atoms with Crippen LogP contribution in [-0.4, -0.2) is 42.9 Å². The highest BCUT2D eigenvalue weighted by atomic mass is 16.7. The maximum atomic E-state index is 5.34. The van der Waals surface area contributed by atoms with Gasteiger partial charge in [-0.2, -0.15) is 5.06 Å². The molecule has 0 saturated carbocycles. The summed E-state index contributed by atoms with van der Waals surface area (Å²) in [5.74, 6) is 0. The summed E-state index contributed by atoms with van der Waals surface area (Å²) in [4.78, 5) is 7.63. The Labute approximate surface area is 68.2 Å². The van der Waals surface area contributed by atoms with Gasteiger partial charge in [-0.25, -0.2) is 0 Å². The highest BCUT2D eigenvalue weighted by Gasteiger charge is 2.18. The zero-order valence-corrected chi connectivity index (χ0v) is 7.12. The first-order valence-electron chi connectivity index (χ1n) is 4.08. The molecule has 1 aliphatic heterocycles. The summed E-state index contributed by atoms with van der Waals surface area (Å²) in [6.45, 7) is 10.5. The number of rotatable bonds is 4. The molecule has 1 saturated heterocycles. The topological polar surface area (TPSA) is 15.7 Å². The van der Waals surface area contributed by atoms with Gasteiger partial charge in [0.05, 0.1) is 13.3 Å². The fraction of sp³-hybridized carbons (Fsp3) is 0.750. The van der Waals surface area contributed by atoms with Crippen molar-refractivity contribution in [3.8, 4) is 0 Å². The van der Waals surface area contributed by atoms with Crippen LogP contribution in [0.2, 0.25) is 0 Å². The second kappa shape index (κ2) is 4.49. The first-order chi connectivity index (χ1) is 5.36. The Morgan fingerprint density at radius 1 is 1.55 bits per heavy atom. The number of hydrogen-bond acceptors (Lipinski definition) is 3. The summed E-state index contributed by atoms with van der Waals surface area (Å²) >= 11 is 0. The van der Waals surface area contributed by atoms with E-state index in [2.05, 4.69) is 11.5 Å². The van der Waals surface area contributed by atoms with Crippen molar-refractivity contribution in [2.24, 2.45) is 0 Å². The lowest BCUT2D eigenvalue weighted by Crippen LogP contribution is -2.25. The van der Waals surface area contributed by atoms with Crippen LogP contribution in [0, 0.1) is 0 Å². The van der Waals surface area contributed by atoms with Crippen LogP contribution < -0.4 is 0 Å². The van der Waals surface area contributed by atoms with Gasteiger partial charge in [-0.1, -0.05) is 6.08 Å². The Hall–Kier alpha value is -0.380. The van der Waals surface area contributed by atoms with E-state index in [0.717, 1.165) is 32.9 Å². The average molecular weight is 156 g/mol. The summed E-state index contributed by atoms with van der Waals surface area (Å²) < 4.78 is 0. The van der Waals surface area contributed by atoms with Crippen LogP contribution in [0.3, 0.4) is 0 Å². The van der Waals surface area contributed by atoms with Crippen molar-refractivity contribution in [3.63, 3.8) is 0 Å². The zero-order chi connectivity index (χ0) is 8.10. The second-order valence-electron chi connectivity index (χ2n) is 2.63. The highest BCUT2D eigenvalue weighted by Crippen LogP contribution is 2.04. The summed E-state index contributed by atoms with van der Waals surface area (Å²) in [5.41, 5.74) is 0. The van der Waals surface area contributed by atoms with Gasteiger partial charge in [0, 0.05) is 19.6 Å². The molecular formula is C8H16N2O. The summed E-state index contributed by atoms with van der Waals surface area (Å²) in [6.07, 6.45) is 1.93. The molecule has 3 heteroatoms. The lowest BCUT2D eigenvalue weighted by Gasteiger charge is -2.15. The molecule has 1 fully saturated rings. The van der Waals surface area contributed by atoms with Gasteiger partial charge in [0.25, 0.3) is 0 Å². The van der Waals surface area contributed by atoms with E-state index in [-0.39, 0.29) is 0 Å². The lowest BCUT2D eigenvalue weighted by atomic mass is 10.5. The third kappa shape index (κ3) is 2.61. The maximum absolute atomic E-state index is 5.34. The van der Waals surface area contributed by atoms with Crippen molar-refractivity contribution in [2.45, 2.75) is 6.92 Å². The Morgan fingerprint density at radius 2 is 2.36 bits per heavy atom. The first kappa shape index (κ1) is 8.71. The molecule has 64 valence electrons. The predicted molar refractivity (Wildman–Crippen MR) is 45.0 cm³/mol. The predicted octanol–water partition coefficient (Wildman–Crippen LogP) is 0.699. The van der Waals surface area contributed by atoms with E-state index in [0.29, 0.717) is 0 Å². The van der Waals surface area contributed by atoms with Crippen LogP contribution in [-0.2, 0) is 4.84 Å². The van der Waals surface area contributed by atoms with Crippen LogP contribution in [0.1, 0.15) is 6.92 Å². The summed E-state index contributed by atoms with van der Waals surface area (Å²) in [6, 6.07) is 0. The zero-order valence-electron chi connectivity index (χ0n) is 7.12. The molecule has 11 heavy (non-hydrogen) atoms. The Kier molecular flexibility index (Phi) is 3.56. The van der Waals surface area contributed by atoms with Crippen LogP contribution in [0.25, 0.3) is 0 Å². The summed E-state index contributed by atoms with van der Waals surface area (Å²) in [7, 11) is 0. The molecule has 0 atom stereocenters. The van der Waals surface area contributed by atoms with Gasteiger partial charge in [-0.15, -0.1) is 6.58 Å². The molecule has 1 heterocycles. The van der Waals surface area contributed by atoms with Gasteiger partial charge in [-0.05, 0) is 6.92 Å². The standard InChI is InChI=1S/C8H16N2O/c1-3-5-9-6-7-10(8-9)11-4-2/h3H,1,4-8H2,2H3.